The molecule has 1 heterocycles. The van der Waals surface area contributed by atoms with E-state index >= 15 is 0 Å². The van der Waals surface area contributed by atoms with E-state index in [4.69, 9.17) is 14.3 Å². The van der Waals surface area contributed by atoms with E-state index in [0.717, 1.165) is 25.0 Å². The van der Waals surface area contributed by atoms with Gasteiger partial charge in [-0.15, -0.1) is 0 Å². The number of carbonyl (C=O) groups excluding carboxylic acids is 3. The zero-order chi connectivity index (χ0) is 29.9. The molecule has 15 heteroatoms. The Bertz CT molecular complexity index is 1230. The lowest BCUT2D eigenvalue weighted by molar-refractivity contribution is -0.168. The van der Waals surface area contributed by atoms with Crippen molar-refractivity contribution in [2.24, 2.45) is 5.92 Å². The van der Waals surface area contributed by atoms with Crippen LogP contribution in [0.1, 0.15) is 56.5 Å². The SMILES string of the molecule is CCCCCC(C(=O)NCNC(=O)c1ccc(-c2cc(OCC(=O)O)cc(P(=O)(O)O)c2)o1)[C@@H](CC)N(O)C=O. The van der Waals surface area contributed by atoms with Crippen molar-refractivity contribution in [2.45, 2.75) is 52.0 Å². The summed E-state index contributed by atoms with van der Waals surface area (Å²) in [5.74, 6) is -3.40. The molecule has 3 amide bonds. The molecule has 0 saturated carbocycles. The minimum absolute atomic E-state index is 0.0448. The molecule has 1 unspecified atom stereocenters. The smallest absolute Gasteiger partial charge is 0.356 e. The fourth-order valence-corrected chi connectivity index (χ4v) is 4.62. The number of hydroxylamine groups is 2. The number of nitrogens with zero attached hydrogens (tertiary/aromatic N) is 1. The molecule has 0 fully saturated rings. The van der Waals surface area contributed by atoms with Crippen LogP contribution in [0.25, 0.3) is 11.3 Å². The molecule has 0 bridgehead atoms. The maximum absolute atomic E-state index is 12.9. The van der Waals surface area contributed by atoms with E-state index in [-0.39, 0.29) is 35.9 Å². The van der Waals surface area contributed by atoms with Crippen LogP contribution >= 0.6 is 7.60 Å². The molecule has 40 heavy (non-hydrogen) atoms. The molecule has 0 aliphatic carbocycles. The molecule has 2 atom stereocenters. The van der Waals surface area contributed by atoms with Gasteiger partial charge < -0.3 is 34.7 Å². The van der Waals surface area contributed by atoms with Crippen LogP contribution in [-0.4, -0.2) is 68.7 Å². The van der Waals surface area contributed by atoms with Crippen molar-refractivity contribution in [3.8, 4) is 17.1 Å². The summed E-state index contributed by atoms with van der Waals surface area (Å²) in [5.41, 5.74) is 0.123. The summed E-state index contributed by atoms with van der Waals surface area (Å²) in [7, 11) is -4.74. The van der Waals surface area contributed by atoms with E-state index in [2.05, 4.69) is 10.6 Å². The second-order valence-electron chi connectivity index (χ2n) is 8.89. The van der Waals surface area contributed by atoms with Gasteiger partial charge in [0.15, 0.2) is 12.4 Å². The predicted molar refractivity (Wildman–Crippen MR) is 141 cm³/mol. The lowest BCUT2D eigenvalue weighted by Gasteiger charge is -2.29. The number of ether oxygens (including phenoxy) is 1. The molecule has 0 radical (unpaired) electrons. The lowest BCUT2D eigenvalue weighted by Crippen LogP contribution is -2.47. The van der Waals surface area contributed by atoms with Crippen LogP contribution < -0.4 is 20.7 Å². The molecule has 14 nitrogen and oxygen atoms in total. The van der Waals surface area contributed by atoms with Gasteiger partial charge in [-0.1, -0.05) is 33.1 Å². The van der Waals surface area contributed by atoms with Crippen molar-refractivity contribution >= 4 is 37.1 Å². The van der Waals surface area contributed by atoms with Gasteiger partial charge in [-0.25, -0.2) is 9.86 Å². The number of amides is 3. The van der Waals surface area contributed by atoms with Gasteiger partial charge >= 0.3 is 13.6 Å². The zero-order valence-electron chi connectivity index (χ0n) is 22.1. The molecular weight excluding hydrogens is 549 g/mol. The molecule has 6 N–H and O–H groups in total. The van der Waals surface area contributed by atoms with E-state index in [1.54, 1.807) is 6.92 Å². The normalized spacial score (nSPS) is 12.7. The van der Waals surface area contributed by atoms with E-state index in [9.17, 15) is 38.7 Å². The highest BCUT2D eigenvalue weighted by atomic mass is 31.2. The number of aliphatic carboxylic acids is 1. The molecule has 1 aromatic carbocycles. The topological polar surface area (TPSA) is 216 Å². The summed E-state index contributed by atoms with van der Waals surface area (Å²) >= 11 is 0. The van der Waals surface area contributed by atoms with E-state index in [1.165, 1.54) is 18.2 Å². The first-order valence-electron chi connectivity index (χ1n) is 12.6. The third-order valence-corrected chi connectivity index (χ3v) is 6.93. The number of hydrogen-bond acceptors (Lipinski definition) is 8. The Morgan fingerprint density at radius 3 is 2.45 bits per heavy atom. The molecule has 2 aromatic rings. The van der Waals surface area contributed by atoms with Crippen molar-refractivity contribution in [3.63, 3.8) is 0 Å². The van der Waals surface area contributed by atoms with Crippen molar-refractivity contribution in [3.05, 3.63) is 36.1 Å². The van der Waals surface area contributed by atoms with Crippen molar-refractivity contribution in [2.75, 3.05) is 13.3 Å². The fourth-order valence-electron chi connectivity index (χ4n) is 4.01. The Morgan fingerprint density at radius 2 is 1.85 bits per heavy atom. The number of hydrogen-bond donors (Lipinski definition) is 6. The predicted octanol–water partition coefficient (Wildman–Crippen LogP) is 1.84. The van der Waals surface area contributed by atoms with Gasteiger partial charge in [0.2, 0.25) is 12.3 Å². The number of rotatable bonds is 17. The monoisotopic (exact) mass is 583 g/mol. The van der Waals surface area contributed by atoms with E-state index < -0.39 is 49.3 Å². The summed E-state index contributed by atoms with van der Waals surface area (Å²) in [6.45, 7) is 2.73. The highest BCUT2D eigenvalue weighted by Crippen LogP contribution is 2.37. The van der Waals surface area contributed by atoms with Gasteiger partial charge in [0.1, 0.15) is 11.5 Å². The lowest BCUT2D eigenvalue weighted by atomic mass is 9.90. The highest BCUT2D eigenvalue weighted by Gasteiger charge is 2.30. The summed E-state index contributed by atoms with van der Waals surface area (Å²) < 4.78 is 22.4. The number of nitrogens with one attached hydrogen (secondary N) is 2. The molecule has 0 saturated heterocycles. The number of benzene rings is 1. The van der Waals surface area contributed by atoms with Gasteiger partial charge in [0, 0.05) is 5.56 Å². The van der Waals surface area contributed by atoms with Crippen LogP contribution in [0.3, 0.4) is 0 Å². The van der Waals surface area contributed by atoms with Crippen molar-refractivity contribution in [1.82, 2.24) is 15.7 Å². The van der Waals surface area contributed by atoms with Gasteiger partial charge in [0.05, 0.1) is 23.9 Å². The Labute approximate surface area is 230 Å². The number of carbonyl (C=O) groups is 4. The standard InChI is InChI=1S/C25H34N3O11P/c1-3-5-6-7-19(20(4-2)28(34)15-29)24(32)26-14-27-25(33)22-9-8-21(39-22)16-10-17(38-13-23(30)31)12-18(11-16)40(35,36)37/h8-12,15,19-20,34H,3-7,13-14H2,1-2H3,(H,26,32)(H,27,33)(H,30,31)(H2,35,36,37)/t19?,20-/m1/s1. The first-order chi connectivity index (χ1) is 18.9. The van der Waals surface area contributed by atoms with Gasteiger partial charge in [-0.3, -0.25) is 24.2 Å². The molecule has 2 rings (SSSR count). The van der Waals surface area contributed by atoms with Crippen LogP contribution in [0, 0.1) is 5.92 Å². The molecule has 0 aliphatic heterocycles. The zero-order valence-corrected chi connectivity index (χ0v) is 23.0. The maximum atomic E-state index is 12.9. The van der Waals surface area contributed by atoms with Gasteiger partial charge in [-0.2, -0.15) is 0 Å². The molecule has 1 aromatic heterocycles. The number of furan rings is 1. The Kier molecular flexibility index (Phi) is 12.3. The van der Waals surface area contributed by atoms with Crippen LogP contribution in [0.4, 0.5) is 0 Å². The van der Waals surface area contributed by atoms with Crippen molar-refractivity contribution < 1.29 is 53.0 Å². The summed E-state index contributed by atoms with van der Waals surface area (Å²) in [4.78, 5) is 66.5. The average Bonchev–Trinajstić information content (AvgIpc) is 3.41. The quantitative estimate of drug-likeness (QED) is 0.0394. The fraction of sp³-hybridized carbons (Fsp3) is 0.440. The second kappa shape index (κ2) is 15.2. The minimum atomic E-state index is -4.74. The molecule has 0 spiro atoms. The highest BCUT2D eigenvalue weighted by molar-refractivity contribution is 7.60. The third kappa shape index (κ3) is 9.49. The van der Waals surface area contributed by atoms with Gasteiger partial charge in [-0.05, 0) is 43.2 Å². The van der Waals surface area contributed by atoms with E-state index in [1.807, 2.05) is 6.92 Å². The first kappa shape index (κ1) is 32.5. The minimum Gasteiger partial charge on any atom is -0.482 e. The summed E-state index contributed by atoms with van der Waals surface area (Å²) in [6, 6.07) is 5.39. The van der Waals surface area contributed by atoms with Crippen molar-refractivity contribution in [1.29, 1.82) is 0 Å². The van der Waals surface area contributed by atoms with Crippen LogP contribution in [0.5, 0.6) is 5.75 Å². The van der Waals surface area contributed by atoms with E-state index in [0.29, 0.717) is 24.3 Å². The van der Waals surface area contributed by atoms with Crippen LogP contribution in [0.15, 0.2) is 34.7 Å². The Balaban J connectivity index is 2.11. The third-order valence-electron chi connectivity index (χ3n) is 6.00. The molecule has 0 aliphatic rings. The second-order valence-corrected chi connectivity index (χ2v) is 10.5. The number of carboxylic acids is 1. The Hall–Kier alpha value is -3.71. The van der Waals surface area contributed by atoms with Crippen LogP contribution in [0.2, 0.25) is 0 Å². The molecule has 220 valence electrons. The summed E-state index contributed by atoms with van der Waals surface area (Å²) in [5, 5.41) is 23.8. The van der Waals surface area contributed by atoms with Gasteiger partial charge in [0.25, 0.3) is 5.91 Å². The number of unbranched alkanes of at least 4 members (excludes halogenated alkanes) is 2. The maximum Gasteiger partial charge on any atom is 0.356 e. The molecular formula is C25H34N3O11P. The summed E-state index contributed by atoms with van der Waals surface area (Å²) in [6.07, 6.45) is 3.53. The first-order valence-corrected chi connectivity index (χ1v) is 14.2. The average molecular weight is 584 g/mol. The Morgan fingerprint density at radius 1 is 1.12 bits per heavy atom. The van der Waals surface area contributed by atoms with Crippen LogP contribution in [-0.2, 0) is 18.9 Å². The number of carboxylic acid groups (broad SMARTS) is 1. The largest absolute Gasteiger partial charge is 0.482 e.